The third-order valence-electron chi connectivity index (χ3n) is 2.15. The second-order valence-electron chi connectivity index (χ2n) is 3.00. The molecule has 0 amide bonds. The van der Waals surface area contributed by atoms with Gasteiger partial charge in [-0.2, -0.15) is 0 Å². The largest absolute Gasteiger partial charge is 0.493 e. The Morgan fingerprint density at radius 3 is 3.00 bits per heavy atom. The first-order valence-electron chi connectivity index (χ1n) is 4.49. The maximum Gasteiger partial charge on any atom is 0.298 e. The average molecular weight is 238 g/mol. The van der Waals surface area contributed by atoms with Crippen LogP contribution >= 0.6 is 11.6 Å². The molecule has 82 valence electrons. The lowest BCUT2D eigenvalue weighted by atomic mass is 10.2. The van der Waals surface area contributed by atoms with Gasteiger partial charge in [0.25, 0.3) is 6.47 Å². The predicted octanol–water partition coefficient (Wildman–Crippen LogP) is 2.43. The first-order chi connectivity index (χ1) is 7.77. The summed E-state index contributed by atoms with van der Waals surface area (Å²) in [6.45, 7) is 0.333. The molecule has 0 atom stereocenters. The standard InChI is InChI=1S/C11H8ClNO3/c1-15-9-5-8(12)7-3-2-4-13-10(7)11(9)16-6-14/h2-6H,1H3. The maximum absolute atomic E-state index is 10.4. The Bertz CT molecular complexity index is 542. The number of benzene rings is 1. The summed E-state index contributed by atoms with van der Waals surface area (Å²) in [7, 11) is 1.47. The van der Waals surface area contributed by atoms with Crippen molar-refractivity contribution in [3.8, 4) is 11.5 Å². The molecule has 1 aromatic heterocycles. The van der Waals surface area contributed by atoms with E-state index in [9.17, 15) is 4.79 Å². The van der Waals surface area contributed by atoms with E-state index in [0.717, 1.165) is 0 Å². The second kappa shape index (κ2) is 4.37. The van der Waals surface area contributed by atoms with Gasteiger partial charge in [-0.1, -0.05) is 11.6 Å². The van der Waals surface area contributed by atoms with E-state index in [1.165, 1.54) is 7.11 Å². The van der Waals surface area contributed by atoms with Crippen molar-refractivity contribution in [2.24, 2.45) is 0 Å². The van der Waals surface area contributed by atoms with Crippen molar-refractivity contribution in [2.45, 2.75) is 0 Å². The predicted molar refractivity (Wildman–Crippen MR) is 60.0 cm³/mol. The maximum atomic E-state index is 10.4. The molecule has 0 N–H and O–H groups in total. The molecule has 16 heavy (non-hydrogen) atoms. The van der Waals surface area contributed by atoms with Gasteiger partial charge in [0.15, 0.2) is 11.5 Å². The van der Waals surface area contributed by atoms with Crippen LogP contribution in [0.4, 0.5) is 0 Å². The van der Waals surface area contributed by atoms with Crippen LogP contribution in [0.1, 0.15) is 0 Å². The summed E-state index contributed by atoms with van der Waals surface area (Å²) >= 11 is 6.05. The molecule has 0 spiro atoms. The van der Waals surface area contributed by atoms with E-state index in [1.54, 1.807) is 24.4 Å². The van der Waals surface area contributed by atoms with Crippen molar-refractivity contribution < 1.29 is 14.3 Å². The number of hydrogen-bond donors (Lipinski definition) is 0. The Kier molecular flexibility index (Phi) is 2.92. The monoisotopic (exact) mass is 237 g/mol. The second-order valence-corrected chi connectivity index (χ2v) is 3.41. The SMILES string of the molecule is COc1cc(Cl)c2cccnc2c1OC=O. The molecule has 0 aliphatic rings. The number of carbonyl (C=O) groups is 1. The van der Waals surface area contributed by atoms with E-state index >= 15 is 0 Å². The highest BCUT2D eigenvalue weighted by Gasteiger charge is 2.13. The van der Waals surface area contributed by atoms with Gasteiger partial charge in [0.05, 0.1) is 12.1 Å². The number of hydrogen-bond acceptors (Lipinski definition) is 4. The van der Waals surface area contributed by atoms with Crippen LogP contribution in [0.2, 0.25) is 5.02 Å². The molecule has 0 aliphatic carbocycles. The van der Waals surface area contributed by atoms with E-state index in [1.807, 2.05) is 0 Å². The van der Waals surface area contributed by atoms with Crippen LogP contribution in [-0.4, -0.2) is 18.6 Å². The Morgan fingerprint density at radius 2 is 2.31 bits per heavy atom. The molecule has 2 rings (SSSR count). The van der Waals surface area contributed by atoms with Crippen molar-refractivity contribution in [3.05, 3.63) is 29.4 Å². The van der Waals surface area contributed by atoms with Gasteiger partial charge in [-0.15, -0.1) is 0 Å². The Morgan fingerprint density at radius 1 is 1.50 bits per heavy atom. The average Bonchev–Trinajstić information content (AvgIpc) is 2.33. The Labute approximate surface area is 96.8 Å². The zero-order valence-corrected chi connectivity index (χ0v) is 9.19. The first-order valence-corrected chi connectivity index (χ1v) is 4.87. The minimum absolute atomic E-state index is 0.275. The van der Waals surface area contributed by atoms with E-state index in [4.69, 9.17) is 21.1 Å². The summed E-state index contributed by atoms with van der Waals surface area (Å²) in [4.78, 5) is 14.6. The summed E-state index contributed by atoms with van der Waals surface area (Å²) in [5.74, 6) is 0.654. The molecule has 0 saturated heterocycles. The van der Waals surface area contributed by atoms with Crippen LogP contribution in [0.25, 0.3) is 10.9 Å². The fourth-order valence-electron chi connectivity index (χ4n) is 1.47. The highest BCUT2D eigenvalue weighted by Crippen LogP contribution is 2.38. The molecular weight excluding hydrogens is 230 g/mol. The van der Waals surface area contributed by atoms with Gasteiger partial charge in [-0.25, -0.2) is 0 Å². The van der Waals surface area contributed by atoms with Crippen LogP contribution in [0.3, 0.4) is 0 Å². The highest BCUT2D eigenvalue weighted by molar-refractivity contribution is 6.35. The number of aromatic nitrogens is 1. The molecule has 4 nitrogen and oxygen atoms in total. The molecule has 1 aromatic carbocycles. The third-order valence-corrected chi connectivity index (χ3v) is 2.46. The quantitative estimate of drug-likeness (QED) is 0.770. The fraction of sp³-hybridized carbons (Fsp3) is 0.0909. The van der Waals surface area contributed by atoms with Crippen LogP contribution in [0, 0.1) is 0 Å². The molecule has 0 radical (unpaired) electrons. The van der Waals surface area contributed by atoms with E-state index < -0.39 is 0 Å². The summed E-state index contributed by atoms with van der Waals surface area (Å²) in [5.41, 5.74) is 0.499. The molecule has 5 heteroatoms. The molecule has 0 fully saturated rings. The number of ether oxygens (including phenoxy) is 2. The van der Waals surface area contributed by atoms with Gasteiger partial charge in [0.2, 0.25) is 0 Å². The normalized spacial score (nSPS) is 10.1. The van der Waals surface area contributed by atoms with E-state index in [-0.39, 0.29) is 5.75 Å². The minimum Gasteiger partial charge on any atom is -0.493 e. The van der Waals surface area contributed by atoms with Gasteiger partial charge in [0.1, 0.15) is 5.52 Å². The molecule has 0 bridgehead atoms. The smallest absolute Gasteiger partial charge is 0.298 e. The zero-order chi connectivity index (χ0) is 11.5. The van der Waals surface area contributed by atoms with Crippen molar-refractivity contribution in [1.82, 2.24) is 4.98 Å². The van der Waals surface area contributed by atoms with Crippen molar-refractivity contribution in [3.63, 3.8) is 0 Å². The number of pyridine rings is 1. The van der Waals surface area contributed by atoms with Crippen LogP contribution in [0.5, 0.6) is 11.5 Å². The molecule has 1 heterocycles. The van der Waals surface area contributed by atoms with E-state index in [0.29, 0.717) is 28.1 Å². The zero-order valence-electron chi connectivity index (χ0n) is 8.44. The van der Waals surface area contributed by atoms with E-state index in [2.05, 4.69) is 4.98 Å². The minimum atomic E-state index is 0.275. The van der Waals surface area contributed by atoms with Gasteiger partial charge in [-0.3, -0.25) is 9.78 Å². The topological polar surface area (TPSA) is 48.4 Å². The summed E-state index contributed by atoms with van der Waals surface area (Å²) < 4.78 is 9.95. The number of rotatable bonds is 3. The number of nitrogens with zero attached hydrogens (tertiary/aromatic N) is 1. The molecule has 0 saturated carbocycles. The van der Waals surface area contributed by atoms with Crippen molar-refractivity contribution >= 4 is 29.0 Å². The Balaban J connectivity index is 2.81. The molecule has 0 unspecified atom stereocenters. The fourth-order valence-corrected chi connectivity index (χ4v) is 1.72. The number of methoxy groups -OCH3 is 1. The first kappa shape index (κ1) is 10.7. The molecule has 0 aliphatic heterocycles. The molecule has 2 aromatic rings. The number of carbonyl (C=O) groups excluding carboxylic acids is 1. The van der Waals surface area contributed by atoms with Gasteiger partial charge in [-0.05, 0) is 12.1 Å². The van der Waals surface area contributed by atoms with Gasteiger partial charge < -0.3 is 9.47 Å². The van der Waals surface area contributed by atoms with Crippen LogP contribution in [0.15, 0.2) is 24.4 Å². The Hall–Kier alpha value is -1.81. The summed E-state index contributed by atoms with van der Waals surface area (Å²) in [6, 6.07) is 5.14. The van der Waals surface area contributed by atoms with Gasteiger partial charge in [0, 0.05) is 17.6 Å². The summed E-state index contributed by atoms with van der Waals surface area (Å²) in [5, 5.41) is 1.21. The number of fused-ring (bicyclic) bond motifs is 1. The lowest BCUT2D eigenvalue weighted by Gasteiger charge is -2.09. The molecular formula is C11H8ClNO3. The van der Waals surface area contributed by atoms with Crippen molar-refractivity contribution in [1.29, 1.82) is 0 Å². The lowest BCUT2D eigenvalue weighted by Crippen LogP contribution is -1.96. The third kappa shape index (κ3) is 1.67. The van der Waals surface area contributed by atoms with Crippen molar-refractivity contribution in [2.75, 3.05) is 7.11 Å². The summed E-state index contributed by atoms with van der Waals surface area (Å²) in [6.07, 6.45) is 1.59. The van der Waals surface area contributed by atoms with Crippen LogP contribution < -0.4 is 9.47 Å². The van der Waals surface area contributed by atoms with Crippen LogP contribution in [-0.2, 0) is 4.79 Å². The lowest BCUT2D eigenvalue weighted by molar-refractivity contribution is -0.120. The number of halogens is 1. The van der Waals surface area contributed by atoms with Gasteiger partial charge >= 0.3 is 0 Å². The highest BCUT2D eigenvalue weighted by atomic mass is 35.5.